The number of benzene rings is 1. The predicted octanol–water partition coefficient (Wildman–Crippen LogP) is 3.29. The number of amides is 1. The maximum absolute atomic E-state index is 12.9. The summed E-state index contributed by atoms with van der Waals surface area (Å²) in [6.07, 6.45) is 0. The van der Waals surface area contributed by atoms with Crippen LogP contribution in [0.1, 0.15) is 6.92 Å². The highest BCUT2D eigenvalue weighted by atomic mass is 35.5. The second kappa shape index (κ2) is 5.33. The summed E-state index contributed by atoms with van der Waals surface area (Å²) in [4.78, 5) is 11.4. The van der Waals surface area contributed by atoms with Gasteiger partial charge in [-0.2, -0.15) is 0 Å². The fourth-order valence-electron chi connectivity index (χ4n) is 0.962. The third kappa shape index (κ3) is 3.68. The Morgan fingerprint density at radius 3 is 2.73 bits per heavy atom. The molecule has 0 aromatic heterocycles. The van der Waals surface area contributed by atoms with E-state index in [9.17, 15) is 9.18 Å². The highest BCUT2D eigenvalue weighted by Crippen LogP contribution is 2.18. The van der Waals surface area contributed by atoms with Crippen LogP contribution in [0.4, 0.5) is 10.1 Å². The van der Waals surface area contributed by atoms with E-state index in [4.69, 9.17) is 23.2 Å². The van der Waals surface area contributed by atoms with Gasteiger partial charge in [0.2, 0.25) is 5.91 Å². The first-order chi connectivity index (χ1) is 7.02. The second-order valence-electron chi connectivity index (χ2n) is 3.20. The van der Waals surface area contributed by atoms with Crippen molar-refractivity contribution in [2.75, 3.05) is 11.2 Å². The fourth-order valence-corrected chi connectivity index (χ4v) is 1.32. The van der Waals surface area contributed by atoms with Crippen molar-refractivity contribution in [3.8, 4) is 0 Å². The van der Waals surface area contributed by atoms with E-state index in [-0.39, 0.29) is 22.7 Å². The van der Waals surface area contributed by atoms with Gasteiger partial charge in [-0.15, -0.1) is 11.6 Å². The zero-order chi connectivity index (χ0) is 11.4. The number of hydrogen-bond donors (Lipinski definition) is 1. The molecule has 0 saturated carbocycles. The maximum atomic E-state index is 12.9. The SMILES string of the molecule is CC(CCl)C(=O)Nc1cc(F)cc(Cl)c1. The van der Waals surface area contributed by atoms with Gasteiger partial charge in [0.15, 0.2) is 0 Å². The number of alkyl halides is 1. The number of anilines is 1. The molecule has 1 unspecified atom stereocenters. The summed E-state index contributed by atoms with van der Waals surface area (Å²) in [7, 11) is 0. The lowest BCUT2D eigenvalue weighted by Gasteiger charge is -2.09. The molecule has 1 rings (SSSR count). The van der Waals surface area contributed by atoms with E-state index < -0.39 is 5.82 Å². The van der Waals surface area contributed by atoms with E-state index in [0.29, 0.717) is 5.69 Å². The standard InChI is InChI=1S/C10H10Cl2FNO/c1-6(5-11)10(15)14-9-3-7(12)2-8(13)4-9/h2-4,6H,5H2,1H3,(H,14,15). The Morgan fingerprint density at radius 1 is 1.53 bits per heavy atom. The molecule has 0 aliphatic heterocycles. The molecule has 0 heterocycles. The third-order valence-electron chi connectivity index (χ3n) is 1.81. The topological polar surface area (TPSA) is 29.1 Å². The normalized spacial score (nSPS) is 12.3. The van der Waals surface area contributed by atoms with Crippen molar-refractivity contribution < 1.29 is 9.18 Å². The van der Waals surface area contributed by atoms with E-state index in [1.165, 1.54) is 18.2 Å². The summed E-state index contributed by atoms with van der Waals surface area (Å²) in [5, 5.41) is 2.77. The molecular formula is C10H10Cl2FNO. The van der Waals surface area contributed by atoms with Gasteiger partial charge in [-0.25, -0.2) is 4.39 Å². The number of rotatable bonds is 3. The fraction of sp³-hybridized carbons (Fsp3) is 0.300. The minimum Gasteiger partial charge on any atom is -0.326 e. The predicted molar refractivity (Wildman–Crippen MR) is 59.9 cm³/mol. The monoisotopic (exact) mass is 249 g/mol. The van der Waals surface area contributed by atoms with Crippen LogP contribution in [0.5, 0.6) is 0 Å². The molecule has 5 heteroatoms. The summed E-state index contributed by atoms with van der Waals surface area (Å²) in [6.45, 7) is 1.68. The Kier molecular flexibility index (Phi) is 4.36. The number of carbonyl (C=O) groups is 1. The summed E-state index contributed by atoms with van der Waals surface area (Å²) < 4.78 is 12.9. The molecule has 1 N–H and O–H groups in total. The first-order valence-corrected chi connectivity index (χ1v) is 5.27. The number of carbonyl (C=O) groups excluding carboxylic acids is 1. The molecule has 1 aromatic rings. The van der Waals surface area contributed by atoms with Crippen LogP contribution in [0.3, 0.4) is 0 Å². The highest BCUT2D eigenvalue weighted by Gasteiger charge is 2.12. The van der Waals surface area contributed by atoms with Gasteiger partial charge in [-0.05, 0) is 18.2 Å². The van der Waals surface area contributed by atoms with Gasteiger partial charge in [-0.3, -0.25) is 4.79 Å². The van der Waals surface area contributed by atoms with Crippen LogP contribution in [0.25, 0.3) is 0 Å². The summed E-state index contributed by atoms with van der Waals surface area (Å²) in [6, 6.07) is 3.84. The van der Waals surface area contributed by atoms with Crippen LogP contribution < -0.4 is 5.32 Å². The van der Waals surface area contributed by atoms with Gasteiger partial charge in [0.05, 0.1) is 0 Å². The molecule has 2 nitrogen and oxygen atoms in total. The molecule has 0 fully saturated rings. The molecule has 0 bridgehead atoms. The minimum absolute atomic E-state index is 0.217. The average molecular weight is 250 g/mol. The van der Waals surface area contributed by atoms with Gasteiger partial charge < -0.3 is 5.32 Å². The van der Waals surface area contributed by atoms with Crippen molar-refractivity contribution in [2.24, 2.45) is 5.92 Å². The number of nitrogens with one attached hydrogen (secondary N) is 1. The Labute approximate surface area is 97.4 Å². The molecule has 0 aliphatic carbocycles. The molecule has 0 saturated heterocycles. The first kappa shape index (κ1) is 12.3. The van der Waals surface area contributed by atoms with Gasteiger partial charge in [-0.1, -0.05) is 18.5 Å². The van der Waals surface area contributed by atoms with E-state index in [0.717, 1.165) is 0 Å². The van der Waals surface area contributed by atoms with Crippen molar-refractivity contribution in [1.82, 2.24) is 0 Å². The van der Waals surface area contributed by atoms with Crippen LogP contribution in [-0.2, 0) is 4.79 Å². The Balaban J connectivity index is 2.76. The lowest BCUT2D eigenvalue weighted by molar-refractivity contribution is -0.118. The largest absolute Gasteiger partial charge is 0.326 e. The van der Waals surface area contributed by atoms with Crippen molar-refractivity contribution in [1.29, 1.82) is 0 Å². The summed E-state index contributed by atoms with van der Waals surface area (Å²) >= 11 is 11.1. The van der Waals surface area contributed by atoms with Gasteiger partial charge in [0.25, 0.3) is 0 Å². The van der Waals surface area contributed by atoms with E-state index >= 15 is 0 Å². The van der Waals surface area contributed by atoms with Crippen LogP contribution in [0, 0.1) is 11.7 Å². The smallest absolute Gasteiger partial charge is 0.228 e. The van der Waals surface area contributed by atoms with Crippen LogP contribution in [0.2, 0.25) is 5.02 Å². The molecular weight excluding hydrogens is 240 g/mol. The molecule has 15 heavy (non-hydrogen) atoms. The van der Waals surface area contributed by atoms with Gasteiger partial charge in [0, 0.05) is 22.5 Å². The van der Waals surface area contributed by atoms with Gasteiger partial charge >= 0.3 is 0 Å². The third-order valence-corrected chi connectivity index (χ3v) is 2.49. The zero-order valence-electron chi connectivity index (χ0n) is 8.06. The number of hydrogen-bond acceptors (Lipinski definition) is 1. The first-order valence-electron chi connectivity index (χ1n) is 4.36. The Bertz CT molecular complexity index is 350. The molecule has 0 spiro atoms. The van der Waals surface area contributed by atoms with Crippen molar-refractivity contribution in [3.63, 3.8) is 0 Å². The quantitative estimate of drug-likeness (QED) is 0.819. The maximum Gasteiger partial charge on any atom is 0.228 e. The van der Waals surface area contributed by atoms with Crippen molar-refractivity contribution >= 4 is 34.8 Å². The Hall–Kier alpha value is -0.800. The van der Waals surface area contributed by atoms with Crippen molar-refractivity contribution in [2.45, 2.75) is 6.92 Å². The van der Waals surface area contributed by atoms with Crippen molar-refractivity contribution in [3.05, 3.63) is 29.0 Å². The Morgan fingerprint density at radius 2 is 2.20 bits per heavy atom. The molecule has 1 aromatic carbocycles. The van der Waals surface area contributed by atoms with Crippen LogP contribution in [0.15, 0.2) is 18.2 Å². The molecule has 0 aliphatic rings. The van der Waals surface area contributed by atoms with E-state index in [1.54, 1.807) is 6.92 Å². The molecule has 0 radical (unpaired) electrons. The summed E-state index contributed by atoms with van der Waals surface area (Å²) in [5.41, 5.74) is 0.335. The average Bonchev–Trinajstić information content (AvgIpc) is 2.14. The summed E-state index contributed by atoms with van der Waals surface area (Å²) in [5.74, 6) is -0.855. The number of halogens is 3. The highest BCUT2D eigenvalue weighted by molar-refractivity contribution is 6.31. The van der Waals surface area contributed by atoms with E-state index in [2.05, 4.69) is 5.32 Å². The van der Waals surface area contributed by atoms with Crippen LogP contribution in [-0.4, -0.2) is 11.8 Å². The molecule has 1 amide bonds. The van der Waals surface area contributed by atoms with E-state index in [1.807, 2.05) is 0 Å². The minimum atomic E-state index is -0.490. The molecule has 1 atom stereocenters. The van der Waals surface area contributed by atoms with Gasteiger partial charge in [0.1, 0.15) is 5.82 Å². The molecule has 82 valence electrons. The van der Waals surface area contributed by atoms with Crippen LogP contribution >= 0.6 is 23.2 Å². The lowest BCUT2D eigenvalue weighted by Crippen LogP contribution is -2.21. The zero-order valence-corrected chi connectivity index (χ0v) is 9.57. The lowest BCUT2D eigenvalue weighted by atomic mass is 10.2. The second-order valence-corrected chi connectivity index (χ2v) is 3.95.